The number of hydrogen-bond acceptors (Lipinski definition) is 4. The molecule has 0 saturated carbocycles. The topological polar surface area (TPSA) is 70.7 Å². The maximum atomic E-state index is 12.5. The number of benzene rings is 2. The van der Waals surface area contributed by atoms with E-state index in [4.69, 9.17) is 4.42 Å². The predicted octanol–water partition coefficient (Wildman–Crippen LogP) is 4.38. The third-order valence-electron chi connectivity index (χ3n) is 3.92. The Labute approximate surface area is 139 Å². The Morgan fingerprint density at radius 2 is 1.83 bits per heavy atom. The molecule has 0 bridgehead atoms. The molecule has 0 amide bonds. The van der Waals surface area contributed by atoms with Gasteiger partial charge < -0.3 is 14.6 Å². The lowest BCUT2D eigenvalue weighted by Gasteiger charge is -2.11. The monoisotopic (exact) mass is 322 g/mol. The Balaban J connectivity index is 2.28. The van der Waals surface area contributed by atoms with Gasteiger partial charge in [-0.15, -0.1) is 6.58 Å². The number of phenols is 2. The first-order chi connectivity index (χ1) is 11.5. The zero-order valence-corrected chi connectivity index (χ0v) is 13.4. The van der Waals surface area contributed by atoms with Crippen molar-refractivity contribution < 1.29 is 14.6 Å². The fourth-order valence-electron chi connectivity index (χ4n) is 2.68. The van der Waals surface area contributed by atoms with Gasteiger partial charge in [-0.3, -0.25) is 4.79 Å². The maximum absolute atomic E-state index is 12.5. The molecule has 0 spiro atoms. The van der Waals surface area contributed by atoms with Crippen molar-refractivity contribution in [1.82, 2.24) is 0 Å². The molecule has 2 N–H and O–H groups in total. The van der Waals surface area contributed by atoms with Gasteiger partial charge in [0.15, 0.2) is 5.43 Å². The minimum Gasteiger partial charge on any atom is -0.507 e. The van der Waals surface area contributed by atoms with Crippen molar-refractivity contribution in [3.8, 4) is 22.8 Å². The number of hydrogen-bond donors (Lipinski definition) is 2. The fraction of sp³-hybridized carbons (Fsp3) is 0.150. The second kappa shape index (κ2) is 6.24. The Kier molecular flexibility index (Phi) is 4.13. The molecule has 1 aromatic heterocycles. The first kappa shape index (κ1) is 15.9. The molecule has 1 heterocycles. The first-order valence-electron chi connectivity index (χ1n) is 7.69. The van der Waals surface area contributed by atoms with Crippen LogP contribution in [-0.2, 0) is 6.42 Å². The third-order valence-corrected chi connectivity index (χ3v) is 3.92. The lowest BCUT2D eigenvalue weighted by atomic mass is 10.0. The number of rotatable bonds is 4. The molecule has 0 atom stereocenters. The van der Waals surface area contributed by atoms with Gasteiger partial charge in [-0.05, 0) is 19.8 Å². The van der Waals surface area contributed by atoms with Crippen LogP contribution in [0, 0.1) is 0 Å². The van der Waals surface area contributed by atoms with Gasteiger partial charge in [0.1, 0.15) is 28.2 Å². The number of aryl methyl sites for hydroxylation is 1. The highest BCUT2D eigenvalue weighted by atomic mass is 16.3. The Hall–Kier alpha value is -3.01. The zero-order chi connectivity index (χ0) is 17.3. The second-order valence-electron chi connectivity index (χ2n) is 5.90. The highest BCUT2D eigenvalue weighted by molar-refractivity contribution is 5.89. The summed E-state index contributed by atoms with van der Waals surface area (Å²) in [4.78, 5) is 12.5. The van der Waals surface area contributed by atoms with Gasteiger partial charge in [0, 0.05) is 23.3 Å². The second-order valence-corrected chi connectivity index (χ2v) is 5.90. The van der Waals surface area contributed by atoms with Crippen molar-refractivity contribution in [2.75, 3.05) is 0 Å². The first-order valence-corrected chi connectivity index (χ1v) is 7.69. The average molecular weight is 322 g/mol. The van der Waals surface area contributed by atoms with Gasteiger partial charge in [-0.2, -0.15) is 0 Å². The zero-order valence-electron chi connectivity index (χ0n) is 13.4. The summed E-state index contributed by atoms with van der Waals surface area (Å²) in [7, 11) is 0. The third kappa shape index (κ3) is 2.91. The summed E-state index contributed by atoms with van der Waals surface area (Å²) in [5.41, 5.74) is 2.09. The molecule has 0 aliphatic heterocycles. The van der Waals surface area contributed by atoms with E-state index < -0.39 is 0 Å². The quantitative estimate of drug-likeness (QED) is 0.699. The van der Waals surface area contributed by atoms with Gasteiger partial charge in [-0.1, -0.05) is 35.9 Å². The summed E-state index contributed by atoms with van der Waals surface area (Å²) < 4.78 is 5.90. The largest absolute Gasteiger partial charge is 0.507 e. The van der Waals surface area contributed by atoms with Gasteiger partial charge in [-0.25, -0.2) is 0 Å². The van der Waals surface area contributed by atoms with E-state index >= 15 is 0 Å². The maximum Gasteiger partial charge on any atom is 0.197 e. The normalized spacial score (nSPS) is 10.9. The van der Waals surface area contributed by atoms with Crippen LogP contribution >= 0.6 is 0 Å². The van der Waals surface area contributed by atoms with Crippen LogP contribution in [0.3, 0.4) is 0 Å². The Morgan fingerprint density at radius 3 is 2.50 bits per heavy atom. The van der Waals surface area contributed by atoms with Crippen LogP contribution in [-0.4, -0.2) is 10.2 Å². The molecular weight excluding hydrogens is 304 g/mol. The van der Waals surface area contributed by atoms with Gasteiger partial charge >= 0.3 is 0 Å². The van der Waals surface area contributed by atoms with E-state index in [1.54, 1.807) is 0 Å². The van der Waals surface area contributed by atoms with Crippen LogP contribution < -0.4 is 5.43 Å². The summed E-state index contributed by atoms with van der Waals surface area (Å²) in [5.74, 6) is 0.0271. The van der Waals surface area contributed by atoms with Crippen LogP contribution in [0.2, 0.25) is 0 Å². The molecule has 4 heteroatoms. The van der Waals surface area contributed by atoms with Gasteiger partial charge in [0.25, 0.3) is 0 Å². The fourth-order valence-corrected chi connectivity index (χ4v) is 2.68. The number of phenolic OH excluding ortho intramolecular Hbond substituents is 2. The molecule has 3 rings (SSSR count). The van der Waals surface area contributed by atoms with Crippen LogP contribution in [0.5, 0.6) is 11.5 Å². The SMILES string of the molecule is C=C(C)CCc1c(O)cc(O)c2c(=O)cc(-c3ccccc3)oc12. The van der Waals surface area contributed by atoms with Gasteiger partial charge in [0.05, 0.1) is 0 Å². The molecule has 0 unspecified atom stereocenters. The average Bonchev–Trinajstić information content (AvgIpc) is 2.54. The summed E-state index contributed by atoms with van der Waals surface area (Å²) in [6.07, 6.45) is 1.12. The number of aromatic hydroxyl groups is 2. The molecule has 4 nitrogen and oxygen atoms in total. The summed E-state index contributed by atoms with van der Waals surface area (Å²) in [6.45, 7) is 5.75. The lowest BCUT2D eigenvalue weighted by Crippen LogP contribution is -2.03. The molecule has 0 radical (unpaired) electrons. The van der Waals surface area contributed by atoms with Crippen LogP contribution in [0.25, 0.3) is 22.3 Å². The highest BCUT2D eigenvalue weighted by Crippen LogP contribution is 2.35. The van der Waals surface area contributed by atoms with Gasteiger partial charge in [0.2, 0.25) is 0 Å². The van der Waals surface area contributed by atoms with Crippen molar-refractivity contribution >= 4 is 11.0 Å². The Morgan fingerprint density at radius 1 is 1.12 bits per heavy atom. The Bertz CT molecular complexity index is 968. The van der Waals surface area contributed by atoms with E-state index in [0.717, 1.165) is 11.1 Å². The molecule has 0 saturated heterocycles. The minimum absolute atomic E-state index is 0.0872. The van der Waals surface area contributed by atoms with E-state index in [1.807, 2.05) is 37.3 Å². The summed E-state index contributed by atoms with van der Waals surface area (Å²) >= 11 is 0. The van der Waals surface area contributed by atoms with E-state index in [0.29, 0.717) is 24.2 Å². The predicted molar refractivity (Wildman–Crippen MR) is 94.4 cm³/mol. The molecule has 3 aromatic rings. The van der Waals surface area contributed by atoms with Crippen LogP contribution in [0.1, 0.15) is 18.9 Å². The molecule has 122 valence electrons. The molecule has 2 aromatic carbocycles. The van der Waals surface area contributed by atoms with Crippen molar-refractivity contribution in [1.29, 1.82) is 0 Å². The van der Waals surface area contributed by atoms with Crippen molar-refractivity contribution in [3.63, 3.8) is 0 Å². The molecule has 0 fully saturated rings. The van der Waals surface area contributed by atoms with E-state index in [2.05, 4.69) is 6.58 Å². The number of fused-ring (bicyclic) bond motifs is 1. The van der Waals surface area contributed by atoms with Crippen LogP contribution in [0.15, 0.2) is 63.8 Å². The standard InChI is InChI=1S/C20H18O4/c1-12(2)8-9-14-15(21)10-16(22)19-17(23)11-18(24-20(14)19)13-6-4-3-5-7-13/h3-7,10-11,21-22H,1,8-9H2,2H3. The molecule has 24 heavy (non-hydrogen) atoms. The van der Waals surface area contributed by atoms with E-state index in [-0.39, 0.29) is 27.9 Å². The summed E-state index contributed by atoms with van der Waals surface area (Å²) in [5, 5.41) is 20.3. The highest BCUT2D eigenvalue weighted by Gasteiger charge is 2.18. The summed E-state index contributed by atoms with van der Waals surface area (Å²) in [6, 6.07) is 11.8. The van der Waals surface area contributed by atoms with Crippen LogP contribution in [0.4, 0.5) is 0 Å². The van der Waals surface area contributed by atoms with Crippen molar-refractivity contribution in [3.05, 3.63) is 70.4 Å². The molecule has 0 aliphatic carbocycles. The molecular formula is C20H18O4. The smallest absolute Gasteiger partial charge is 0.197 e. The lowest BCUT2D eigenvalue weighted by molar-refractivity contribution is 0.447. The van der Waals surface area contributed by atoms with E-state index in [9.17, 15) is 15.0 Å². The minimum atomic E-state index is -0.343. The molecule has 0 aliphatic rings. The van der Waals surface area contributed by atoms with Crippen molar-refractivity contribution in [2.45, 2.75) is 19.8 Å². The van der Waals surface area contributed by atoms with E-state index in [1.165, 1.54) is 12.1 Å². The van der Waals surface area contributed by atoms with Crippen molar-refractivity contribution in [2.24, 2.45) is 0 Å². The number of allylic oxidation sites excluding steroid dienone is 1.